The van der Waals surface area contributed by atoms with Gasteiger partial charge >= 0.3 is 0 Å². The number of hydrogen-bond donors (Lipinski definition) is 0. The minimum atomic E-state index is -2.23. The summed E-state index contributed by atoms with van der Waals surface area (Å²) < 4.78 is 89.0. The van der Waals surface area contributed by atoms with E-state index in [2.05, 4.69) is 128 Å². The molecule has 11 heteroatoms. The number of rotatable bonds is 11. The van der Waals surface area contributed by atoms with Crippen molar-refractivity contribution in [1.29, 1.82) is 0 Å². The van der Waals surface area contributed by atoms with E-state index in [-0.39, 0.29) is 55.5 Å². The molecular weight excluding hydrogens is 1210 g/mol. The Hall–Kier alpha value is -7.55. The van der Waals surface area contributed by atoms with Crippen LogP contribution in [0.2, 0.25) is 0 Å². The minimum Gasteiger partial charge on any atom is -0.509 e. The quantitative estimate of drug-likeness (QED) is 0.0559. The van der Waals surface area contributed by atoms with E-state index in [0.717, 1.165) is 66.6 Å². The van der Waals surface area contributed by atoms with E-state index >= 15 is 22.0 Å². The second-order valence-electron chi connectivity index (χ2n) is 24.2. The van der Waals surface area contributed by atoms with Crippen molar-refractivity contribution >= 4 is 44.6 Å². The largest absolute Gasteiger partial charge is 0.509 e. The fraction of sp³-hybridized carbons (Fsp3) is 0.239. The molecule has 0 fully saturated rings. The normalized spacial score (nSPS) is 12.8. The molecule has 0 saturated carbocycles. The van der Waals surface area contributed by atoms with Gasteiger partial charge in [-0.3, -0.25) is 0 Å². The smallest absolute Gasteiger partial charge is 0.200 e. The van der Waals surface area contributed by atoms with Gasteiger partial charge in [0.25, 0.3) is 0 Å². The summed E-state index contributed by atoms with van der Waals surface area (Å²) in [5.74, 6) is -8.25. The first-order valence-electron chi connectivity index (χ1n) is 27.6. The number of para-hydroxylation sites is 3. The molecule has 82 heavy (non-hydrogen) atoms. The third kappa shape index (κ3) is 10.4. The molecule has 1 aliphatic heterocycles. The number of nitrogens with zero attached hydrogens (tertiary/aromatic N) is 4. The van der Waals surface area contributed by atoms with Crippen LogP contribution in [0.15, 0.2) is 146 Å². The van der Waals surface area contributed by atoms with Crippen molar-refractivity contribution in [2.45, 2.75) is 112 Å². The van der Waals surface area contributed by atoms with Crippen LogP contribution in [-0.4, -0.2) is 9.55 Å². The zero-order chi connectivity index (χ0) is 57.6. The molecule has 0 unspecified atom stereocenters. The molecule has 1 aliphatic rings. The summed E-state index contributed by atoms with van der Waals surface area (Å²) in [5.41, 5.74) is 9.77. The van der Waals surface area contributed by atoms with E-state index in [1.807, 2.05) is 117 Å². The van der Waals surface area contributed by atoms with E-state index in [0.29, 0.717) is 39.7 Å². The molecule has 0 saturated heterocycles. The van der Waals surface area contributed by atoms with Crippen LogP contribution in [0.3, 0.4) is 0 Å². The first-order valence-corrected chi connectivity index (χ1v) is 27.6. The number of ether oxygens (including phenoxy) is 1. The molecule has 0 spiro atoms. The summed E-state index contributed by atoms with van der Waals surface area (Å²) in [6.45, 7) is 26.9. The Morgan fingerprint density at radius 2 is 1.10 bits per heavy atom. The number of fused-ring (bicyclic) bond motifs is 4. The van der Waals surface area contributed by atoms with Crippen LogP contribution in [0.5, 0.6) is 11.5 Å². The Bertz CT molecular complexity index is 4060. The molecule has 8 aromatic carbocycles. The Labute approximate surface area is 492 Å². The monoisotopic (exact) mass is 1280 g/mol. The van der Waals surface area contributed by atoms with Crippen molar-refractivity contribution in [3.63, 3.8) is 0 Å². The van der Waals surface area contributed by atoms with Crippen molar-refractivity contribution in [2.75, 3.05) is 9.80 Å². The number of benzene rings is 8. The van der Waals surface area contributed by atoms with Gasteiger partial charge in [-0.05, 0) is 115 Å². The van der Waals surface area contributed by atoms with E-state index in [1.54, 1.807) is 17.6 Å². The maximum atomic E-state index is 16.7. The van der Waals surface area contributed by atoms with Gasteiger partial charge in [0.15, 0.2) is 23.3 Å². The fourth-order valence-electron chi connectivity index (χ4n) is 11.0. The van der Waals surface area contributed by atoms with Gasteiger partial charge in [0.2, 0.25) is 5.82 Å². The molecular formula is C71H64F5N4OPt-3. The van der Waals surface area contributed by atoms with Gasteiger partial charge < -0.3 is 19.1 Å². The second kappa shape index (κ2) is 22.0. The summed E-state index contributed by atoms with van der Waals surface area (Å²) in [4.78, 5) is 8.60. The van der Waals surface area contributed by atoms with Crippen LogP contribution in [-0.2, 0) is 31.9 Å². The Balaban J connectivity index is 0.00000753. The van der Waals surface area contributed by atoms with Crippen molar-refractivity contribution in [1.82, 2.24) is 9.55 Å². The molecule has 10 aromatic rings. The first kappa shape index (κ1) is 57.7. The first-order chi connectivity index (χ1) is 38.5. The molecule has 422 valence electrons. The fourth-order valence-corrected chi connectivity index (χ4v) is 11.0. The van der Waals surface area contributed by atoms with Gasteiger partial charge in [0.05, 0.1) is 5.56 Å². The molecule has 5 nitrogen and oxygen atoms in total. The SMILES string of the molecule is CC(C)c1cc(-c2cc(C(C)(C)C)cc(-c3c(F)c(F)c(F)c(F)c3F)c2N2[CH-]N(c3[c-]c(Oc4[c-]c5c(cc4)c4ccccc4n5-c4cc(C(C)(C)C)ccn4)cc(-c4ccccc4C(C)C)c3)c3ccccc32)cc(C(C)C)c1.[Pt]. The van der Waals surface area contributed by atoms with E-state index in [4.69, 9.17) is 9.72 Å². The van der Waals surface area contributed by atoms with Gasteiger partial charge in [0.1, 0.15) is 5.82 Å². The number of anilines is 4. The van der Waals surface area contributed by atoms with Crippen molar-refractivity contribution in [3.8, 4) is 50.7 Å². The number of halogens is 5. The molecule has 2 aromatic heterocycles. The Kier molecular flexibility index (Phi) is 15.5. The second-order valence-corrected chi connectivity index (χ2v) is 24.2. The summed E-state index contributed by atoms with van der Waals surface area (Å²) >= 11 is 0. The standard InChI is InChI=1S/C71H64F5N4O.Pt/c1-40(2)43-29-44(41(3)4)31-45(30-43)56-34-48(71(10,11)12)35-57(63-64(72)66(74)68(76)67(75)65(63)73)69(56)79-39-78(59-23-17-18-24-60(59)79)49-32-46(53-20-14-13-19-52(53)42(5)6)33-51(37-49)81-50-25-26-55-54-21-15-16-22-58(54)80(61(55)38-50)62-36-47(27-28-77-62)70(7,8)9;/h13-36,39-42H,1-12H3;/q-3;. The summed E-state index contributed by atoms with van der Waals surface area (Å²) in [6.07, 6.45) is 1.84. The molecule has 11 rings (SSSR count). The molecule has 0 amide bonds. The third-order valence-electron chi connectivity index (χ3n) is 15.6. The molecule has 0 atom stereocenters. The van der Waals surface area contributed by atoms with Gasteiger partial charge in [-0.25, -0.2) is 26.9 Å². The van der Waals surface area contributed by atoms with Crippen LogP contribution >= 0.6 is 0 Å². The topological polar surface area (TPSA) is 33.5 Å². The van der Waals surface area contributed by atoms with Crippen molar-refractivity contribution < 1.29 is 47.8 Å². The van der Waals surface area contributed by atoms with Gasteiger partial charge in [-0.1, -0.05) is 161 Å². The average molecular weight is 1280 g/mol. The van der Waals surface area contributed by atoms with Crippen LogP contribution < -0.4 is 14.5 Å². The van der Waals surface area contributed by atoms with Gasteiger partial charge in [-0.2, -0.15) is 6.07 Å². The van der Waals surface area contributed by atoms with E-state index in [9.17, 15) is 0 Å². The maximum absolute atomic E-state index is 16.7. The summed E-state index contributed by atoms with van der Waals surface area (Å²) in [6, 6.07) is 53.2. The van der Waals surface area contributed by atoms with Crippen molar-refractivity contribution in [3.05, 3.63) is 221 Å². The molecule has 0 aliphatic carbocycles. The molecule has 0 bridgehead atoms. The van der Waals surface area contributed by atoms with Crippen molar-refractivity contribution in [2.24, 2.45) is 0 Å². The minimum absolute atomic E-state index is 0. The van der Waals surface area contributed by atoms with E-state index in [1.165, 1.54) is 0 Å². The Morgan fingerprint density at radius 3 is 1.74 bits per heavy atom. The number of pyridine rings is 1. The average Bonchev–Trinajstić information content (AvgIpc) is 3.87. The number of aromatic nitrogens is 2. The van der Waals surface area contributed by atoms with Crippen LogP contribution in [0.1, 0.15) is 129 Å². The summed E-state index contributed by atoms with van der Waals surface area (Å²) in [7, 11) is 0. The van der Waals surface area contributed by atoms with Crippen LogP contribution in [0.4, 0.5) is 44.7 Å². The molecule has 3 heterocycles. The zero-order valence-electron chi connectivity index (χ0n) is 48.1. The van der Waals surface area contributed by atoms with Crippen LogP contribution in [0, 0.1) is 47.9 Å². The van der Waals surface area contributed by atoms with E-state index < -0.39 is 40.1 Å². The predicted molar refractivity (Wildman–Crippen MR) is 320 cm³/mol. The third-order valence-corrected chi connectivity index (χ3v) is 15.6. The zero-order valence-corrected chi connectivity index (χ0v) is 50.3. The van der Waals surface area contributed by atoms with Gasteiger partial charge in [0, 0.05) is 72.5 Å². The number of hydrogen-bond acceptors (Lipinski definition) is 4. The van der Waals surface area contributed by atoms with Gasteiger partial charge in [-0.15, -0.1) is 53.6 Å². The molecule has 0 radical (unpaired) electrons. The predicted octanol–water partition coefficient (Wildman–Crippen LogP) is 20.6. The molecule has 0 N–H and O–H groups in total. The summed E-state index contributed by atoms with van der Waals surface area (Å²) in [5, 5.41) is 2.02. The maximum Gasteiger partial charge on any atom is 0.200 e. The Morgan fingerprint density at radius 1 is 0.512 bits per heavy atom. The van der Waals surface area contributed by atoms with Crippen LogP contribution in [0.25, 0.3) is 61.0 Å².